The van der Waals surface area contributed by atoms with Gasteiger partial charge in [-0.05, 0) is 43.9 Å². The predicted octanol–water partition coefficient (Wildman–Crippen LogP) is 3.93. The fourth-order valence-corrected chi connectivity index (χ4v) is 3.53. The van der Waals surface area contributed by atoms with Crippen LogP contribution in [0.2, 0.25) is 5.02 Å². The highest BCUT2D eigenvalue weighted by Gasteiger charge is 2.30. The molecule has 3 heteroatoms. The Labute approximate surface area is 122 Å². The van der Waals surface area contributed by atoms with Crippen LogP contribution < -0.4 is 10.2 Å². The maximum atomic E-state index is 6.49. The summed E-state index contributed by atoms with van der Waals surface area (Å²) in [6, 6.07) is 6.77. The third kappa shape index (κ3) is 3.06. The molecule has 1 N–H and O–H groups in total. The summed E-state index contributed by atoms with van der Waals surface area (Å²) in [4.78, 5) is 2.51. The summed E-state index contributed by atoms with van der Waals surface area (Å²) in [5.41, 5.74) is 2.52. The number of anilines is 1. The molecule has 1 aliphatic heterocycles. The van der Waals surface area contributed by atoms with E-state index in [0.717, 1.165) is 24.0 Å². The van der Waals surface area contributed by atoms with Crippen molar-refractivity contribution in [3.63, 3.8) is 0 Å². The second kappa shape index (κ2) is 6.15. The lowest BCUT2D eigenvalue weighted by molar-refractivity contribution is 0.296. The van der Waals surface area contributed by atoms with Gasteiger partial charge in [0.25, 0.3) is 0 Å². The fraction of sp³-hybridized carbons (Fsp3) is 0.625. The van der Waals surface area contributed by atoms with Crippen LogP contribution in [0.1, 0.15) is 32.8 Å². The Balaban J connectivity index is 2.38. The molecule has 106 valence electrons. The maximum absolute atomic E-state index is 6.49. The fourth-order valence-electron chi connectivity index (χ4n) is 3.23. The van der Waals surface area contributed by atoms with Crippen molar-refractivity contribution < 1.29 is 0 Å². The zero-order valence-electron chi connectivity index (χ0n) is 12.4. The van der Waals surface area contributed by atoms with Crippen LogP contribution >= 0.6 is 11.6 Å². The standard InChI is InChI=1S/C16H25ClN2/c1-11-8-12(2)13(3)19(10-11)16-14(9-18-4)6-5-7-15(16)17/h5-7,11-13,18H,8-10H2,1-4H3. The highest BCUT2D eigenvalue weighted by molar-refractivity contribution is 6.33. The van der Waals surface area contributed by atoms with Crippen molar-refractivity contribution in [2.75, 3.05) is 18.5 Å². The molecule has 1 aliphatic rings. The summed E-state index contributed by atoms with van der Waals surface area (Å²) in [5, 5.41) is 4.12. The van der Waals surface area contributed by atoms with Gasteiger partial charge >= 0.3 is 0 Å². The smallest absolute Gasteiger partial charge is 0.0643 e. The first-order chi connectivity index (χ1) is 9.04. The van der Waals surface area contributed by atoms with E-state index in [2.05, 4.69) is 37.1 Å². The number of halogens is 1. The molecule has 1 saturated heterocycles. The largest absolute Gasteiger partial charge is 0.367 e. The SMILES string of the molecule is CNCc1cccc(Cl)c1N1CC(C)CC(C)C1C. The van der Waals surface area contributed by atoms with Gasteiger partial charge < -0.3 is 10.2 Å². The maximum Gasteiger partial charge on any atom is 0.0643 e. The van der Waals surface area contributed by atoms with Crippen molar-refractivity contribution >= 4 is 17.3 Å². The Bertz CT molecular complexity index is 433. The minimum absolute atomic E-state index is 0.548. The number of benzene rings is 1. The van der Waals surface area contributed by atoms with Gasteiger partial charge in [0.15, 0.2) is 0 Å². The van der Waals surface area contributed by atoms with E-state index in [4.69, 9.17) is 11.6 Å². The van der Waals surface area contributed by atoms with Crippen LogP contribution in [-0.2, 0) is 6.54 Å². The molecule has 0 bridgehead atoms. The molecule has 1 aromatic rings. The van der Waals surface area contributed by atoms with Gasteiger partial charge in [-0.1, -0.05) is 37.6 Å². The van der Waals surface area contributed by atoms with E-state index >= 15 is 0 Å². The van der Waals surface area contributed by atoms with Crippen molar-refractivity contribution in [2.24, 2.45) is 11.8 Å². The molecule has 0 spiro atoms. The quantitative estimate of drug-likeness (QED) is 0.902. The van der Waals surface area contributed by atoms with Crippen molar-refractivity contribution in [3.8, 4) is 0 Å². The molecule has 0 saturated carbocycles. The molecule has 1 aromatic carbocycles. The topological polar surface area (TPSA) is 15.3 Å². The number of nitrogens with one attached hydrogen (secondary N) is 1. The average molecular weight is 281 g/mol. The molecular weight excluding hydrogens is 256 g/mol. The molecule has 0 amide bonds. The molecule has 2 rings (SSSR count). The molecule has 1 heterocycles. The summed E-state index contributed by atoms with van der Waals surface area (Å²) >= 11 is 6.49. The summed E-state index contributed by atoms with van der Waals surface area (Å²) in [6.07, 6.45) is 1.31. The lowest BCUT2D eigenvalue weighted by Gasteiger charge is -2.43. The van der Waals surface area contributed by atoms with E-state index in [0.29, 0.717) is 12.0 Å². The average Bonchev–Trinajstić information content (AvgIpc) is 2.35. The summed E-state index contributed by atoms with van der Waals surface area (Å²) < 4.78 is 0. The van der Waals surface area contributed by atoms with Crippen LogP contribution in [0, 0.1) is 11.8 Å². The zero-order chi connectivity index (χ0) is 14.0. The Morgan fingerprint density at radius 2 is 2.05 bits per heavy atom. The van der Waals surface area contributed by atoms with E-state index in [1.807, 2.05) is 19.2 Å². The molecule has 0 aromatic heterocycles. The number of rotatable bonds is 3. The summed E-state index contributed by atoms with van der Waals surface area (Å²) in [5.74, 6) is 1.44. The van der Waals surface area contributed by atoms with Crippen LogP contribution in [0.15, 0.2) is 18.2 Å². The third-order valence-electron chi connectivity index (χ3n) is 4.32. The second-order valence-corrected chi connectivity index (χ2v) is 6.40. The number of hydrogen-bond donors (Lipinski definition) is 1. The van der Waals surface area contributed by atoms with Gasteiger partial charge in [0, 0.05) is 19.1 Å². The number of nitrogens with zero attached hydrogens (tertiary/aromatic N) is 1. The van der Waals surface area contributed by atoms with E-state index in [1.165, 1.54) is 17.7 Å². The molecule has 3 atom stereocenters. The molecule has 3 unspecified atom stereocenters. The number of piperidine rings is 1. The highest BCUT2D eigenvalue weighted by atomic mass is 35.5. The monoisotopic (exact) mass is 280 g/mol. The Morgan fingerprint density at radius 1 is 1.32 bits per heavy atom. The molecule has 19 heavy (non-hydrogen) atoms. The number of hydrogen-bond acceptors (Lipinski definition) is 2. The Morgan fingerprint density at radius 3 is 2.74 bits per heavy atom. The first kappa shape index (κ1) is 14.7. The molecule has 2 nitrogen and oxygen atoms in total. The first-order valence-corrected chi connectivity index (χ1v) is 7.61. The molecule has 0 aliphatic carbocycles. The number of para-hydroxylation sites is 1. The zero-order valence-corrected chi connectivity index (χ0v) is 13.2. The molecular formula is C16H25ClN2. The lowest BCUT2D eigenvalue weighted by Crippen LogP contribution is -2.46. The Hall–Kier alpha value is -0.730. The van der Waals surface area contributed by atoms with Crippen molar-refractivity contribution in [1.29, 1.82) is 0 Å². The van der Waals surface area contributed by atoms with Crippen molar-refractivity contribution in [2.45, 2.75) is 39.8 Å². The van der Waals surface area contributed by atoms with Crippen LogP contribution in [0.5, 0.6) is 0 Å². The normalized spacial score (nSPS) is 27.6. The summed E-state index contributed by atoms with van der Waals surface area (Å²) in [6.45, 7) is 8.97. The molecule has 1 fully saturated rings. The molecule has 0 radical (unpaired) electrons. The lowest BCUT2D eigenvalue weighted by atomic mass is 9.85. The van der Waals surface area contributed by atoms with Crippen LogP contribution in [-0.4, -0.2) is 19.6 Å². The van der Waals surface area contributed by atoms with Gasteiger partial charge in [-0.2, -0.15) is 0 Å². The highest BCUT2D eigenvalue weighted by Crippen LogP contribution is 2.37. The summed E-state index contributed by atoms with van der Waals surface area (Å²) in [7, 11) is 1.98. The van der Waals surface area contributed by atoms with Gasteiger partial charge in [-0.3, -0.25) is 0 Å². The van der Waals surface area contributed by atoms with E-state index < -0.39 is 0 Å². The van der Waals surface area contributed by atoms with E-state index in [1.54, 1.807) is 0 Å². The Kier molecular flexibility index (Phi) is 4.75. The van der Waals surface area contributed by atoms with Crippen LogP contribution in [0.4, 0.5) is 5.69 Å². The minimum atomic E-state index is 0.548. The van der Waals surface area contributed by atoms with Gasteiger partial charge in [0.1, 0.15) is 0 Å². The van der Waals surface area contributed by atoms with Crippen LogP contribution in [0.25, 0.3) is 0 Å². The van der Waals surface area contributed by atoms with Gasteiger partial charge in [-0.15, -0.1) is 0 Å². The van der Waals surface area contributed by atoms with Crippen LogP contribution in [0.3, 0.4) is 0 Å². The minimum Gasteiger partial charge on any atom is -0.367 e. The van der Waals surface area contributed by atoms with Crippen molar-refractivity contribution in [1.82, 2.24) is 5.32 Å². The van der Waals surface area contributed by atoms with Gasteiger partial charge in [0.05, 0.1) is 10.7 Å². The van der Waals surface area contributed by atoms with Gasteiger partial charge in [0.2, 0.25) is 0 Å². The third-order valence-corrected chi connectivity index (χ3v) is 4.63. The second-order valence-electron chi connectivity index (χ2n) is 5.99. The van der Waals surface area contributed by atoms with E-state index in [-0.39, 0.29) is 0 Å². The van der Waals surface area contributed by atoms with Crippen molar-refractivity contribution in [3.05, 3.63) is 28.8 Å². The first-order valence-electron chi connectivity index (χ1n) is 7.23. The van der Waals surface area contributed by atoms with Gasteiger partial charge in [-0.25, -0.2) is 0 Å². The van der Waals surface area contributed by atoms with E-state index in [9.17, 15) is 0 Å². The predicted molar refractivity (Wildman–Crippen MR) is 84.0 cm³/mol.